The first-order chi connectivity index (χ1) is 11.5. The van der Waals surface area contributed by atoms with Crippen molar-refractivity contribution in [3.63, 3.8) is 0 Å². The van der Waals surface area contributed by atoms with Crippen molar-refractivity contribution in [3.05, 3.63) is 36.2 Å². The average Bonchev–Trinajstić information content (AvgIpc) is 3.18. The van der Waals surface area contributed by atoms with Crippen molar-refractivity contribution in [2.75, 3.05) is 18.1 Å². The molecule has 1 aliphatic rings. The van der Waals surface area contributed by atoms with E-state index >= 15 is 0 Å². The molecule has 0 bridgehead atoms. The zero-order chi connectivity index (χ0) is 17.0. The molecule has 0 saturated carbocycles. The molecule has 1 fully saturated rings. The van der Waals surface area contributed by atoms with Crippen LogP contribution in [0, 0.1) is 5.92 Å². The fourth-order valence-electron chi connectivity index (χ4n) is 2.65. The number of hydrogen-bond acceptors (Lipinski definition) is 6. The first kappa shape index (κ1) is 16.6. The van der Waals surface area contributed by atoms with Gasteiger partial charge in [0.25, 0.3) is 0 Å². The summed E-state index contributed by atoms with van der Waals surface area (Å²) < 4.78 is 28.3. The Labute approximate surface area is 140 Å². The van der Waals surface area contributed by atoms with E-state index in [1.165, 1.54) is 0 Å². The molecule has 0 unspecified atom stereocenters. The summed E-state index contributed by atoms with van der Waals surface area (Å²) in [7, 11) is -2.91. The number of aryl methyl sites for hydroxylation is 1. The van der Waals surface area contributed by atoms with Crippen LogP contribution in [0.25, 0.3) is 11.5 Å². The van der Waals surface area contributed by atoms with Gasteiger partial charge in [-0.25, -0.2) is 8.42 Å². The Kier molecular flexibility index (Phi) is 4.94. The standard InChI is InChI=1S/C16H19N3O4S/c20-14(17-10-12-8-9-24(21,22)11-12)6-7-15-18-19-16(23-15)13-4-2-1-3-5-13/h1-5,12H,6-11H2,(H,17,20)/t12-/m1/s1. The van der Waals surface area contributed by atoms with Crippen LogP contribution in [0.2, 0.25) is 0 Å². The second-order valence-corrected chi connectivity index (χ2v) is 8.17. The highest BCUT2D eigenvalue weighted by molar-refractivity contribution is 7.91. The lowest BCUT2D eigenvalue weighted by atomic mass is 10.1. The Bertz CT molecular complexity index is 802. The molecule has 3 rings (SSSR count). The number of sulfone groups is 1. The van der Waals surface area contributed by atoms with Crippen molar-refractivity contribution < 1.29 is 17.6 Å². The number of carbonyl (C=O) groups is 1. The molecule has 1 N–H and O–H groups in total. The molecule has 0 spiro atoms. The van der Waals surface area contributed by atoms with Crippen LogP contribution in [0.3, 0.4) is 0 Å². The molecule has 2 aromatic rings. The summed E-state index contributed by atoms with van der Waals surface area (Å²) >= 11 is 0. The second-order valence-electron chi connectivity index (χ2n) is 5.94. The molecule has 1 saturated heterocycles. The van der Waals surface area contributed by atoms with Crippen LogP contribution in [0.5, 0.6) is 0 Å². The van der Waals surface area contributed by atoms with Crippen LogP contribution in [0.4, 0.5) is 0 Å². The molecule has 0 radical (unpaired) electrons. The highest BCUT2D eigenvalue weighted by atomic mass is 32.2. The predicted octanol–water partition coefficient (Wildman–Crippen LogP) is 1.22. The molecule has 1 aromatic heterocycles. The van der Waals surface area contributed by atoms with Gasteiger partial charge >= 0.3 is 0 Å². The summed E-state index contributed by atoms with van der Waals surface area (Å²) in [6, 6.07) is 9.42. The average molecular weight is 349 g/mol. The normalized spacial score (nSPS) is 19.2. The summed E-state index contributed by atoms with van der Waals surface area (Å²) in [5.74, 6) is 1.11. The summed E-state index contributed by atoms with van der Waals surface area (Å²) in [6.45, 7) is 0.400. The molecule has 24 heavy (non-hydrogen) atoms. The highest BCUT2D eigenvalue weighted by Gasteiger charge is 2.27. The number of nitrogens with one attached hydrogen (secondary N) is 1. The molecule has 1 aromatic carbocycles. The van der Waals surface area contributed by atoms with E-state index in [1.807, 2.05) is 30.3 Å². The van der Waals surface area contributed by atoms with Gasteiger partial charge in [-0.3, -0.25) is 4.79 Å². The fraction of sp³-hybridized carbons (Fsp3) is 0.438. The van der Waals surface area contributed by atoms with E-state index in [9.17, 15) is 13.2 Å². The van der Waals surface area contributed by atoms with Gasteiger partial charge in [0.15, 0.2) is 9.84 Å². The van der Waals surface area contributed by atoms with E-state index in [-0.39, 0.29) is 29.8 Å². The van der Waals surface area contributed by atoms with Crippen LogP contribution in [0.15, 0.2) is 34.7 Å². The summed E-state index contributed by atoms with van der Waals surface area (Å²) in [5.41, 5.74) is 0.836. The number of aromatic nitrogens is 2. The number of benzene rings is 1. The SMILES string of the molecule is O=C(CCc1nnc(-c2ccccc2)o1)NC[C@H]1CCS(=O)(=O)C1. The maximum absolute atomic E-state index is 11.9. The molecule has 7 nitrogen and oxygen atoms in total. The maximum Gasteiger partial charge on any atom is 0.247 e. The molecule has 1 amide bonds. The van der Waals surface area contributed by atoms with Gasteiger partial charge in [0.05, 0.1) is 11.5 Å². The van der Waals surface area contributed by atoms with Gasteiger partial charge in [-0.1, -0.05) is 18.2 Å². The fourth-order valence-corrected chi connectivity index (χ4v) is 4.51. The van der Waals surface area contributed by atoms with Crippen LogP contribution >= 0.6 is 0 Å². The van der Waals surface area contributed by atoms with Gasteiger partial charge in [-0.2, -0.15) is 0 Å². The Morgan fingerprint density at radius 1 is 1.25 bits per heavy atom. The largest absolute Gasteiger partial charge is 0.421 e. The quantitative estimate of drug-likeness (QED) is 0.841. The Balaban J connectivity index is 1.44. The minimum atomic E-state index is -2.91. The number of amides is 1. The number of nitrogens with zero attached hydrogens (tertiary/aromatic N) is 2. The summed E-state index contributed by atoms with van der Waals surface area (Å²) in [4.78, 5) is 11.9. The van der Waals surface area contributed by atoms with Gasteiger partial charge < -0.3 is 9.73 Å². The third-order valence-corrected chi connectivity index (χ3v) is 5.81. The first-order valence-electron chi connectivity index (χ1n) is 7.87. The van der Waals surface area contributed by atoms with Crippen molar-refractivity contribution in [1.29, 1.82) is 0 Å². The Morgan fingerprint density at radius 2 is 2.04 bits per heavy atom. The minimum absolute atomic E-state index is 0.0204. The number of rotatable bonds is 6. The first-order valence-corrected chi connectivity index (χ1v) is 9.69. The summed E-state index contributed by atoms with van der Waals surface area (Å²) in [5, 5.41) is 10.7. The van der Waals surface area contributed by atoms with E-state index in [4.69, 9.17) is 4.42 Å². The van der Waals surface area contributed by atoms with Crippen LogP contribution in [-0.2, 0) is 21.1 Å². The molecule has 2 heterocycles. The topological polar surface area (TPSA) is 102 Å². The van der Waals surface area contributed by atoms with E-state index in [2.05, 4.69) is 15.5 Å². The number of carbonyl (C=O) groups excluding carboxylic acids is 1. The molecule has 1 atom stereocenters. The lowest BCUT2D eigenvalue weighted by Crippen LogP contribution is -2.30. The van der Waals surface area contributed by atoms with Gasteiger partial charge in [0.1, 0.15) is 0 Å². The predicted molar refractivity (Wildman–Crippen MR) is 87.8 cm³/mol. The molecular formula is C16H19N3O4S. The minimum Gasteiger partial charge on any atom is -0.421 e. The van der Waals surface area contributed by atoms with Gasteiger partial charge in [0, 0.05) is 24.9 Å². The monoisotopic (exact) mass is 349 g/mol. The van der Waals surface area contributed by atoms with Crippen LogP contribution < -0.4 is 5.32 Å². The molecule has 128 valence electrons. The molecule has 1 aliphatic heterocycles. The lowest BCUT2D eigenvalue weighted by molar-refractivity contribution is -0.121. The molecule has 0 aliphatic carbocycles. The zero-order valence-electron chi connectivity index (χ0n) is 13.1. The van der Waals surface area contributed by atoms with E-state index in [0.29, 0.717) is 31.2 Å². The van der Waals surface area contributed by atoms with Crippen molar-refractivity contribution in [2.45, 2.75) is 19.3 Å². The third-order valence-electron chi connectivity index (χ3n) is 3.97. The lowest BCUT2D eigenvalue weighted by Gasteiger charge is -2.08. The summed E-state index contributed by atoms with van der Waals surface area (Å²) in [6.07, 6.45) is 1.21. The Morgan fingerprint density at radius 3 is 2.75 bits per heavy atom. The van der Waals surface area contributed by atoms with E-state index in [1.54, 1.807) is 0 Å². The van der Waals surface area contributed by atoms with Crippen LogP contribution in [0.1, 0.15) is 18.7 Å². The van der Waals surface area contributed by atoms with Crippen LogP contribution in [-0.4, -0.2) is 42.6 Å². The van der Waals surface area contributed by atoms with Crippen molar-refractivity contribution >= 4 is 15.7 Å². The molecule has 8 heteroatoms. The molecular weight excluding hydrogens is 330 g/mol. The van der Waals surface area contributed by atoms with Gasteiger partial charge in [-0.05, 0) is 24.5 Å². The second kappa shape index (κ2) is 7.12. The van der Waals surface area contributed by atoms with Gasteiger partial charge in [0.2, 0.25) is 17.7 Å². The van der Waals surface area contributed by atoms with Crippen molar-refractivity contribution in [3.8, 4) is 11.5 Å². The van der Waals surface area contributed by atoms with Crippen molar-refractivity contribution in [2.24, 2.45) is 5.92 Å². The van der Waals surface area contributed by atoms with E-state index in [0.717, 1.165) is 5.56 Å². The smallest absolute Gasteiger partial charge is 0.247 e. The third kappa shape index (κ3) is 4.41. The van der Waals surface area contributed by atoms with Crippen molar-refractivity contribution in [1.82, 2.24) is 15.5 Å². The maximum atomic E-state index is 11.9. The zero-order valence-corrected chi connectivity index (χ0v) is 14.0. The highest BCUT2D eigenvalue weighted by Crippen LogP contribution is 2.18. The van der Waals surface area contributed by atoms with Gasteiger partial charge in [-0.15, -0.1) is 10.2 Å². The van der Waals surface area contributed by atoms with E-state index < -0.39 is 9.84 Å². The Hall–Kier alpha value is -2.22. The number of hydrogen-bond donors (Lipinski definition) is 1.